The number of aryl methyl sites for hydroxylation is 1. The highest BCUT2D eigenvalue weighted by molar-refractivity contribution is 7.09. The number of nitrogens with one attached hydrogen (secondary N) is 1. The highest BCUT2D eigenvalue weighted by atomic mass is 32.1. The Bertz CT molecular complexity index is 295. The molecule has 1 N–H and O–H groups in total. The largest absolute Gasteiger partial charge is 0.385 e. The van der Waals surface area contributed by atoms with Gasteiger partial charge in [0.15, 0.2) is 0 Å². The van der Waals surface area contributed by atoms with Crippen molar-refractivity contribution in [2.45, 2.75) is 31.7 Å². The van der Waals surface area contributed by atoms with E-state index in [1.54, 1.807) is 18.4 Å². The Morgan fingerprint density at radius 3 is 3.33 bits per heavy atom. The quantitative estimate of drug-likeness (QED) is 0.781. The van der Waals surface area contributed by atoms with Crippen LogP contribution in [0.15, 0.2) is 5.38 Å². The molecule has 0 bridgehead atoms. The van der Waals surface area contributed by atoms with Crippen LogP contribution in [0, 0.1) is 0 Å². The molecule has 1 aliphatic rings. The molecule has 0 amide bonds. The number of methoxy groups -OCH3 is 1. The van der Waals surface area contributed by atoms with E-state index in [-0.39, 0.29) is 0 Å². The summed E-state index contributed by atoms with van der Waals surface area (Å²) in [6, 6.07) is 0.512. The Labute approximate surface area is 94.9 Å². The first kappa shape index (κ1) is 11.0. The lowest BCUT2D eigenvalue weighted by Crippen LogP contribution is -2.13. The first-order chi connectivity index (χ1) is 7.40. The Morgan fingerprint density at radius 1 is 1.67 bits per heavy atom. The smallest absolute Gasteiger partial charge is 0.0929 e. The molecule has 1 aromatic heterocycles. The van der Waals surface area contributed by atoms with Crippen molar-refractivity contribution in [1.29, 1.82) is 0 Å². The highest BCUT2D eigenvalue weighted by Gasteiger charge is 2.18. The van der Waals surface area contributed by atoms with E-state index < -0.39 is 0 Å². The molecule has 3 nitrogen and oxygen atoms in total. The van der Waals surface area contributed by atoms with E-state index in [4.69, 9.17) is 4.74 Å². The lowest BCUT2D eigenvalue weighted by Gasteiger charge is -2.04. The van der Waals surface area contributed by atoms with Crippen LogP contribution < -0.4 is 5.32 Å². The fourth-order valence-corrected chi connectivity index (χ4v) is 2.80. The summed E-state index contributed by atoms with van der Waals surface area (Å²) >= 11 is 1.78. The van der Waals surface area contributed by atoms with Crippen LogP contribution in [0.5, 0.6) is 0 Å². The lowest BCUT2D eigenvalue weighted by atomic mass is 10.2. The molecular weight excluding hydrogens is 208 g/mol. The van der Waals surface area contributed by atoms with E-state index in [1.807, 2.05) is 0 Å². The summed E-state index contributed by atoms with van der Waals surface area (Å²) in [4.78, 5) is 4.66. The number of thiazole rings is 1. The zero-order valence-electron chi connectivity index (χ0n) is 9.16. The van der Waals surface area contributed by atoms with E-state index in [9.17, 15) is 0 Å². The Kier molecular flexibility index (Phi) is 4.11. The third kappa shape index (κ3) is 3.00. The average Bonchev–Trinajstić information content (AvgIpc) is 2.87. The molecule has 15 heavy (non-hydrogen) atoms. The van der Waals surface area contributed by atoms with Crippen molar-refractivity contribution in [3.63, 3.8) is 0 Å². The van der Waals surface area contributed by atoms with Gasteiger partial charge in [-0.1, -0.05) is 0 Å². The minimum absolute atomic E-state index is 0.512. The predicted molar refractivity (Wildman–Crippen MR) is 62.3 cm³/mol. The average molecular weight is 226 g/mol. The van der Waals surface area contributed by atoms with Gasteiger partial charge in [-0.05, 0) is 25.8 Å². The summed E-state index contributed by atoms with van der Waals surface area (Å²) in [6.45, 7) is 1.97. The molecule has 1 atom stereocenters. The Morgan fingerprint density at radius 2 is 2.60 bits per heavy atom. The van der Waals surface area contributed by atoms with Gasteiger partial charge in [0.05, 0.1) is 16.7 Å². The van der Waals surface area contributed by atoms with E-state index in [0.717, 1.165) is 26.0 Å². The van der Waals surface area contributed by atoms with Gasteiger partial charge in [0.2, 0.25) is 0 Å². The van der Waals surface area contributed by atoms with Gasteiger partial charge in [0.25, 0.3) is 0 Å². The van der Waals surface area contributed by atoms with Gasteiger partial charge in [-0.3, -0.25) is 0 Å². The van der Waals surface area contributed by atoms with Crippen LogP contribution in [0.2, 0.25) is 0 Å². The monoisotopic (exact) mass is 226 g/mol. The van der Waals surface area contributed by atoms with Crippen molar-refractivity contribution < 1.29 is 4.74 Å². The molecule has 84 valence electrons. The van der Waals surface area contributed by atoms with Crippen LogP contribution in [0.1, 0.15) is 36.0 Å². The maximum atomic E-state index is 5.03. The van der Waals surface area contributed by atoms with E-state index in [1.165, 1.54) is 23.5 Å². The number of hydrogen-bond donors (Lipinski definition) is 1. The van der Waals surface area contributed by atoms with Gasteiger partial charge in [-0.2, -0.15) is 0 Å². The predicted octanol–water partition coefficient (Wildman–Crippen LogP) is 2.15. The second-order valence-electron chi connectivity index (χ2n) is 3.91. The summed E-state index contributed by atoms with van der Waals surface area (Å²) in [5, 5.41) is 6.92. The number of rotatable bonds is 5. The van der Waals surface area contributed by atoms with Crippen molar-refractivity contribution in [3.8, 4) is 0 Å². The molecule has 4 heteroatoms. The summed E-state index contributed by atoms with van der Waals surface area (Å²) in [7, 11) is 1.75. The molecular formula is C11H18N2OS. The van der Waals surface area contributed by atoms with Gasteiger partial charge in [-0.15, -0.1) is 11.3 Å². The second kappa shape index (κ2) is 5.58. The van der Waals surface area contributed by atoms with Crippen LogP contribution >= 0.6 is 11.3 Å². The number of ether oxygens (including phenoxy) is 1. The van der Waals surface area contributed by atoms with Gasteiger partial charge in [0.1, 0.15) is 0 Å². The van der Waals surface area contributed by atoms with E-state index >= 15 is 0 Å². The minimum Gasteiger partial charge on any atom is -0.385 e. The topological polar surface area (TPSA) is 34.1 Å². The zero-order valence-corrected chi connectivity index (χ0v) is 9.98. The van der Waals surface area contributed by atoms with Crippen LogP contribution in [-0.4, -0.2) is 25.2 Å². The van der Waals surface area contributed by atoms with Crippen LogP contribution in [0.25, 0.3) is 0 Å². The van der Waals surface area contributed by atoms with Gasteiger partial charge in [-0.25, -0.2) is 4.98 Å². The Hall–Kier alpha value is -0.450. The molecule has 0 spiro atoms. The van der Waals surface area contributed by atoms with Crippen molar-refractivity contribution in [2.75, 3.05) is 20.3 Å². The third-order valence-electron chi connectivity index (χ3n) is 2.73. The van der Waals surface area contributed by atoms with E-state index in [0.29, 0.717) is 6.04 Å². The first-order valence-corrected chi connectivity index (χ1v) is 6.44. The molecule has 0 aromatic carbocycles. The maximum absolute atomic E-state index is 5.03. The molecule has 2 heterocycles. The summed E-state index contributed by atoms with van der Waals surface area (Å²) in [5.41, 5.74) is 1.24. The fraction of sp³-hybridized carbons (Fsp3) is 0.727. The van der Waals surface area contributed by atoms with Crippen molar-refractivity contribution in [1.82, 2.24) is 10.3 Å². The molecule has 1 aromatic rings. The zero-order chi connectivity index (χ0) is 10.5. The second-order valence-corrected chi connectivity index (χ2v) is 4.85. The maximum Gasteiger partial charge on any atom is 0.0929 e. The molecule has 0 aliphatic carbocycles. The summed E-state index contributed by atoms with van der Waals surface area (Å²) in [5.74, 6) is 0. The number of nitrogens with zero attached hydrogens (tertiary/aromatic N) is 1. The summed E-state index contributed by atoms with van der Waals surface area (Å²) in [6.07, 6.45) is 4.63. The lowest BCUT2D eigenvalue weighted by molar-refractivity contribution is 0.195. The van der Waals surface area contributed by atoms with Crippen molar-refractivity contribution in [2.24, 2.45) is 0 Å². The van der Waals surface area contributed by atoms with Crippen LogP contribution in [-0.2, 0) is 11.2 Å². The minimum atomic E-state index is 0.512. The van der Waals surface area contributed by atoms with Crippen LogP contribution in [0.4, 0.5) is 0 Å². The first-order valence-electron chi connectivity index (χ1n) is 5.57. The van der Waals surface area contributed by atoms with Gasteiger partial charge >= 0.3 is 0 Å². The highest BCUT2D eigenvalue weighted by Crippen LogP contribution is 2.24. The third-order valence-corrected chi connectivity index (χ3v) is 3.65. The normalized spacial score (nSPS) is 21.0. The van der Waals surface area contributed by atoms with Crippen molar-refractivity contribution >= 4 is 11.3 Å². The van der Waals surface area contributed by atoms with Gasteiger partial charge in [0, 0.05) is 25.5 Å². The fourth-order valence-electron chi connectivity index (χ4n) is 1.90. The molecule has 2 rings (SSSR count). The molecule has 0 saturated carbocycles. The molecule has 1 fully saturated rings. The SMILES string of the molecule is COCCCc1nc([C@H]2CCCN2)cs1. The molecule has 1 saturated heterocycles. The number of hydrogen-bond acceptors (Lipinski definition) is 4. The van der Waals surface area contributed by atoms with Crippen LogP contribution in [0.3, 0.4) is 0 Å². The number of aromatic nitrogens is 1. The van der Waals surface area contributed by atoms with Crippen molar-refractivity contribution in [3.05, 3.63) is 16.1 Å². The standard InChI is InChI=1S/C11H18N2OS/c1-14-7-3-5-11-13-10(8-15-11)9-4-2-6-12-9/h8-9,12H,2-7H2,1H3/t9-/m1/s1. The Balaban J connectivity index is 1.86. The summed E-state index contributed by atoms with van der Waals surface area (Å²) < 4.78 is 5.03. The molecule has 0 unspecified atom stereocenters. The molecule has 0 radical (unpaired) electrons. The molecule has 1 aliphatic heterocycles. The van der Waals surface area contributed by atoms with Gasteiger partial charge < -0.3 is 10.1 Å². The van der Waals surface area contributed by atoms with E-state index in [2.05, 4.69) is 15.7 Å².